The highest BCUT2D eigenvalue weighted by Crippen LogP contribution is 2.38. The first-order valence-corrected chi connectivity index (χ1v) is 12.5. The van der Waals surface area contributed by atoms with Gasteiger partial charge < -0.3 is 26.0 Å². The summed E-state index contributed by atoms with van der Waals surface area (Å²) >= 11 is 1.17. The van der Waals surface area contributed by atoms with E-state index >= 15 is 0 Å². The summed E-state index contributed by atoms with van der Waals surface area (Å²) in [5.41, 5.74) is 5.62. The number of nitrogens with one attached hydrogen (secondary N) is 2. The second kappa shape index (κ2) is 8.95. The lowest BCUT2D eigenvalue weighted by molar-refractivity contribution is 0.00682. The van der Waals surface area contributed by atoms with Gasteiger partial charge in [0.2, 0.25) is 0 Å². The van der Waals surface area contributed by atoms with Gasteiger partial charge in [0.15, 0.2) is 5.13 Å². The second-order valence-electron chi connectivity index (χ2n) is 10.0. The summed E-state index contributed by atoms with van der Waals surface area (Å²) in [5, 5.41) is 8.22. The first kappa shape index (κ1) is 23.3. The van der Waals surface area contributed by atoms with Crippen LogP contribution in [0.2, 0.25) is 0 Å². The predicted octanol–water partition coefficient (Wildman–Crippen LogP) is 4.27. The molecule has 0 spiro atoms. The van der Waals surface area contributed by atoms with Crippen molar-refractivity contribution in [3.8, 4) is 0 Å². The molecule has 4 N–H and O–H groups in total. The number of primary amides is 1. The highest BCUT2D eigenvalue weighted by molar-refractivity contribution is 7.17. The Kier molecular flexibility index (Phi) is 5.96. The van der Waals surface area contributed by atoms with Gasteiger partial charge >= 0.3 is 6.09 Å². The van der Waals surface area contributed by atoms with E-state index < -0.39 is 11.5 Å². The number of hydrogen-bond acceptors (Lipinski definition) is 9. The molecule has 5 rings (SSSR count). The summed E-state index contributed by atoms with van der Waals surface area (Å²) in [4.78, 5) is 40.0. The van der Waals surface area contributed by atoms with Crippen molar-refractivity contribution in [1.29, 1.82) is 0 Å². The Balaban J connectivity index is 1.35. The first-order chi connectivity index (χ1) is 16.7. The fourth-order valence-electron chi connectivity index (χ4n) is 4.91. The van der Waals surface area contributed by atoms with E-state index in [0.29, 0.717) is 15.8 Å². The van der Waals surface area contributed by atoms with Crippen LogP contribution in [0.4, 0.5) is 21.6 Å². The van der Waals surface area contributed by atoms with Gasteiger partial charge in [0, 0.05) is 35.8 Å². The van der Waals surface area contributed by atoms with Crippen LogP contribution >= 0.6 is 11.3 Å². The average Bonchev–Trinajstić information content (AvgIpc) is 3.35. The van der Waals surface area contributed by atoms with E-state index in [9.17, 15) is 9.59 Å². The van der Waals surface area contributed by atoms with Crippen LogP contribution in [0.3, 0.4) is 0 Å². The molecule has 2 aliphatic heterocycles. The number of aromatic nitrogens is 3. The standard InChI is InChI=1S/C24H29N7O3S/c1-24(2,3)34-23(33)31-14-6-7-15(31)10-13(9-14)28-21-16-5-4-8-26-17(16)11-19(29-21)30-22-27-12-18(35-22)20(25)32/h4-5,8,11-15H,6-7,9-10H2,1-3H3,(H2,25,32)(H2,27,28,29,30)/t13-,14-,15+. The molecular weight excluding hydrogens is 466 g/mol. The van der Waals surface area contributed by atoms with E-state index in [0.717, 1.165) is 42.4 Å². The number of rotatable bonds is 5. The number of thiazole rings is 1. The molecule has 3 aromatic heterocycles. The molecule has 2 saturated heterocycles. The molecule has 3 atom stereocenters. The molecule has 0 aromatic carbocycles. The molecule has 35 heavy (non-hydrogen) atoms. The summed E-state index contributed by atoms with van der Waals surface area (Å²) in [6.45, 7) is 5.69. The Labute approximate surface area is 207 Å². The molecule has 10 nitrogen and oxygen atoms in total. The van der Waals surface area contributed by atoms with Gasteiger partial charge in [-0.3, -0.25) is 9.78 Å². The summed E-state index contributed by atoms with van der Waals surface area (Å²) in [7, 11) is 0. The van der Waals surface area contributed by atoms with Crippen molar-refractivity contribution in [2.24, 2.45) is 5.73 Å². The molecule has 184 valence electrons. The Hall–Kier alpha value is -3.47. The van der Waals surface area contributed by atoms with Crippen molar-refractivity contribution in [3.63, 3.8) is 0 Å². The monoisotopic (exact) mass is 495 g/mol. The van der Waals surface area contributed by atoms with Crippen LogP contribution < -0.4 is 16.4 Å². The predicted molar refractivity (Wildman–Crippen MR) is 135 cm³/mol. The molecule has 11 heteroatoms. The van der Waals surface area contributed by atoms with Crippen LogP contribution in [0.15, 0.2) is 30.6 Å². The van der Waals surface area contributed by atoms with E-state index in [1.165, 1.54) is 17.5 Å². The zero-order valence-corrected chi connectivity index (χ0v) is 20.8. The van der Waals surface area contributed by atoms with Gasteiger partial charge in [-0.1, -0.05) is 11.3 Å². The number of amides is 2. The molecule has 0 unspecified atom stereocenters. The number of anilines is 3. The van der Waals surface area contributed by atoms with Crippen LogP contribution in [-0.2, 0) is 4.74 Å². The number of ether oxygens (including phenoxy) is 1. The summed E-state index contributed by atoms with van der Waals surface area (Å²) in [6, 6.07) is 6.18. The van der Waals surface area contributed by atoms with Gasteiger partial charge in [0.05, 0.1) is 11.7 Å². The van der Waals surface area contributed by atoms with Crippen LogP contribution in [0.1, 0.15) is 56.1 Å². The number of nitrogens with zero attached hydrogens (tertiary/aromatic N) is 4. The Bertz CT molecular complexity index is 1260. The molecule has 2 amide bonds. The number of pyridine rings is 2. The minimum absolute atomic E-state index is 0.148. The molecule has 2 fully saturated rings. The molecule has 0 saturated carbocycles. The molecular formula is C24H29N7O3S. The third kappa shape index (κ3) is 5.00. The summed E-state index contributed by atoms with van der Waals surface area (Å²) in [6.07, 6.45) is 6.57. The van der Waals surface area contributed by atoms with Gasteiger partial charge in [0.25, 0.3) is 5.91 Å². The van der Waals surface area contributed by atoms with Crippen molar-refractivity contribution in [2.45, 2.75) is 70.2 Å². The van der Waals surface area contributed by atoms with Gasteiger partial charge in [-0.2, -0.15) is 0 Å². The third-order valence-electron chi connectivity index (χ3n) is 6.26. The van der Waals surface area contributed by atoms with Crippen LogP contribution in [-0.4, -0.2) is 55.6 Å². The molecule has 2 bridgehead atoms. The second-order valence-corrected chi connectivity index (χ2v) is 11.1. The number of carbonyl (C=O) groups is 2. The lowest BCUT2D eigenvalue weighted by Crippen LogP contribution is -2.51. The largest absolute Gasteiger partial charge is 0.444 e. The topological polar surface area (TPSA) is 135 Å². The number of hydrogen-bond donors (Lipinski definition) is 3. The fourth-order valence-corrected chi connectivity index (χ4v) is 5.58. The van der Waals surface area contributed by atoms with E-state index in [1.54, 1.807) is 6.20 Å². The van der Waals surface area contributed by atoms with Crippen molar-refractivity contribution < 1.29 is 14.3 Å². The molecule has 3 aromatic rings. The van der Waals surface area contributed by atoms with E-state index in [4.69, 9.17) is 15.5 Å². The maximum Gasteiger partial charge on any atom is 0.410 e. The van der Waals surface area contributed by atoms with Crippen LogP contribution in [0, 0.1) is 0 Å². The quantitative estimate of drug-likeness (QED) is 0.477. The average molecular weight is 496 g/mol. The number of carbonyl (C=O) groups excluding carboxylic acids is 2. The minimum Gasteiger partial charge on any atom is -0.444 e. The molecule has 0 aliphatic carbocycles. The first-order valence-electron chi connectivity index (χ1n) is 11.7. The van der Waals surface area contributed by atoms with Gasteiger partial charge in [0.1, 0.15) is 22.1 Å². The highest BCUT2D eigenvalue weighted by Gasteiger charge is 2.45. The fraction of sp³-hybridized carbons (Fsp3) is 0.458. The van der Waals surface area contributed by atoms with Gasteiger partial charge in [-0.15, -0.1) is 0 Å². The maximum atomic E-state index is 12.8. The van der Waals surface area contributed by atoms with Gasteiger partial charge in [-0.05, 0) is 58.6 Å². The van der Waals surface area contributed by atoms with E-state index in [2.05, 4.69) is 20.6 Å². The van der Waals surface area contributed by atoms with E-state index in [1.807, 2.05) is 43.9 Å². The highest BCUT2D eigenvalue weighted by atomic mass is 32.1. The Morgan fingerprint density at radius 3 is 2.60 bits per heavy atom. The summed E-state index contributed by atoms with van der Waals surface area (Å²) in [5.74, 6) is 0.775. The number of piperidine rings is 1. The SMILES string of the molecule is CC(C)(C)OC(=O)N1[C@@H]2CC[C@H]1C[C@H](Nc1nc(Nc3ncc(C(N)=O)s3)cc3ncccc13)C2. The zero-order chi connectivity index (χ0) is 24.7. The molecule has 0 radical (unpaired) electrons. The van der Waals surface area contributed by atoms with Crippen molar-refractivity contribution >= 4 is 51.0 Å². The third-order valence-corrected chi connectivity index (χ3v) is 7.19. The normalized spacial score (nSPS) is 21.7. The lowest BCUT2D eigenvalue weighted by atomic mass is 9.97. The smallest absolute Gasteiger partial charge is 0.410 e. The summed E-state index contributed by atoms with van der Waals surface area (Å²) < 4.78 is 5.66. The van der Waals surface area contributed by atoms with Crippen LogP contribution in [0.25, 0.3) is 10.9 Å². The van der Waals surface area contributed by atoms with Crippen LogP contribution in [0.5, 0.6) is 0 Å². The molecule has 5 heterocycles. The minimum atomic E-state index is -0.515. The lowest BCUT2D eigenvalue weighted by Gasteiger charge is -2.39. The number of nitrogens with two attached hydrogens (primary N) is 1. The van der Waals surface area contributed by atoms with E-state index in [-0.39, 0.29) is 24.2 Å². The zero-order valence-electron chi connectivity index (χ0n) is 19.9. The van der Waals surface area contributed by atoms with Gasteiger partial charge in [-0.25, -0.2) is 14.8 Å². The number of fused-ring (bicyclic) bond motifs is 3. The van der Waals surface area contributed by atoms with Crippen molar-refractivity contribution in [1.82, 2.24) is 19.9 Å². The van der Waals surface area contributed by atoms with Crippen molar-refractivity contribution in [3.05, 3.63) is 35.5 Å². The molecule has 2 aliphatic rings. The Morgan fingerprint density at radius 2 is 1.94 bits per heavy atom. The Morgan fingerprint density at radius 1 is 1.20 bits per heavy atom. The maximum absolute atomic E-state index is 12.8. The van der Waals surface area contributed by atoms with Crippen molar-refractivity contribution in [2.75, 3.05) is 10.6 Å².